The van der Waals surface area contributed by atoms with Crippen molar-refractivity contribution in [2.24, 2.45) is 0 Å². The molecule has 122 valence electrons. The van der Waals surface area contributed by atoms with E-state index in [0.717, 1.165) is 4.47 Å². The summed E-state index contributed by atoms with van der Waals surface area (Å²) in [6.45, 7) is 5.32. The van der Waals surface area contributed by atoms with E-state index in [4.69, 9.17) is 5.11 Å². The van der Waals surface area contributed by atoms with E-state index in [9.17, 15) is 14.4 Å². The van der Waals surface area contributed by atoms with Gasteiger partial charge in [-0.3, -0.25) is 14.4 Å². The monoisotopic (exact) mass is 372 g/mol. The molecule has 1 aromatic rings. The van der Waals surface area contributed by atoms with Gasteiger partial charge in [0.15, 0.2) is 0 Å². The van der Waals surface area contributed by atoms with Gasteiger partial charge in [0.25, 0.3) is 5.91 Å². The van der Waals surface area contributed by atoms with Gasteiger partial charge in [-0.25, -0.2) is 0 Å². The molecule has 1 atom stereocenters. The summed E-state index contributed by atoms with van der Waals surface area (Å²) >= 11 is 3.25. The van der Waals surface area contributed by atoms with Gasteiger partial charge >= 0.3 is 5.97 Å². The normalized spacial score (nSPS) is 10.7. The summed E-state index contributed by atoms with van der Waals surface area (Å²) < 4.78 is 0.845. The highest BCUT2D eigenvalue weighted by Crippen LogP contribution is 2.10. The zero-order chi connectivity index (χ0) is 17.1. The zero-order valence-corrected chi connectivity index (χ0v) is 14.4. The fourth-order valence-corrected chi connectivity index (χ4v) is 1.48. The summed E-state index contributed by atoms with van der Waals surface area (Å²) in [7, 11) is 0. The molecule has 0 saturated carbocycles. The zero-order valence-electron chi connectivity index (χ0n) is 12.9. The molecule has 0 bridgehead atoms. The van der Waals surface area contributed by atoms with Crippen molar-refractivity contribution in [1.29, 1.82) is 0 Å². The van der Waals surface area contributed by atoms with Gasteiger partial charge in [-0.15, -0.1) is 0 Å². The lowest BCUT2D eigenvalue weighted by Gasteiger charge is -2.10. The van der Waals surface area contributed by atoms with Gasteiger partial charge in [0, 0.05) is 10.0 Å². The van der Waals surface area contributed by atoms with Gasteiger partial charge in [0.1, 0.15) is 6.04 Å². The maximum Gasteiger partial charge on any atom is 0.325 e. The van der Waals surface area contributed by atoms with Crippen LogP contribution in [-0.4, -0.2) is 35.5 Å². The first-order valence-corrected chi connectivity index (χ1v) is 7.67. The molecule has 0 radical (unpaired) electrons. The molecule has 6 nitrogen and oxygen atoms in total. The topological polar surface area (TPSA) is 95.5 Å². The van der Waals surface area contributed by atoms with Crippen molar-refractivity contribution in [2.75, 3.05) is 6.54 Å². The first-order chi connectivity index (χ1) is 10.3. The van der Waals surface area contributed by atoms with E-state index < -0.39 is 23.8 Å². The van der Waals surface area contributed by atoms with Gasteiger partial charge < -0.3 is 15.7 Å². The first kappa shape index (κ1) is 20.1. The predicted octanol–water partition coefficient (Wildman–Crippen LogP) is 2.18. The second kappa shape index (κ2) is 10.8. The number of carbonyl (C=O) groups is 3. The molecule has 0 heterocycles. The summed E-state index contributed by atoms with van der Waals surface area (Å²) in [4.78, 5) is 33.5. The number of aliphatic carboxylic acids is 1. The van der Waals surface area contributed by atoms with E-state index in [0.29, 0.717) is 5.56 Å². The third-order valence-corrected chi connectivity index (χ3v) is 2.79. The number of carboxylic acid groups (broad SMARTS) is 1. The van der Waals surface area contributed by atoms with Crippen molar-refractivity contribution in [3.05, 3.63) is 34.3 Å². The number of halogens is 1. The molecule has 7 heteroatoms. The van der Waals surface area contributed by atoms with Crippen LogP contribution in [0.3, 0.4) is 0 Å². The molecule has 0 aliphatic carbocycles. The first-order valence-electron chi connectivity index (χ1n) is 6.87. The Labute approximate surface area is 138 Å². The molecule has 1 rings (SSSR count). The smallest absolute Gasteiger partial charge is 0.325 e. The van der Waals surface area contributed by atoms with Crippen LogP contribution < -0.4 is 10.6 Å². The van der Waals surface area contributed by atoms with E-state index in [1.165, 1.54) is 13.3 Å². The molecule has 1 aromatic carbocycles. The molecule has 1 unspecified atom stereocenters. The van der Waals surface area contributed by atoms with Crippen LogP contribution in [0.25, 0.3) is 0 Å². The van der Waals surface area contributed by atoms with Crippen LogP contribution in [-0.2, 0) is 9.59 Å². The van der Waals surface area contributed by atoms with Crippen LogP contribution in [0, 0.1) is 0 Å². The van der Waals surface area contributed by atoms with E-state index in [2.05, 4.69) is 40.4 Å². The van der Waals surface area contributed by atoms with Gasteiger partial charge in [-0.05, 0) is 31.2 Å². The minimum absolute atomic E-state index is 0.271. The van der Waals surface area contributed by atoms with Gasteiger partial charge in [-0.1, -0.05) is 36.2 Å². The van der Waals surface area contributed by atoms with Gasteiger partial charge in [0.05, 0.1) is 6.54 Å². The molecular weight excluding hydrogens is 352 g/mol. The van der Waals surface area contributed by atoms with Crippen molar-refractivity contribution in [3.8, 4) is 0 Å². The predicted molar refractivity (Wildman–Crippen MR) is 87.7 cm³/mol. The Kier molecular flexibility index (Phi) is 9.86. The van der Waals surface area contributed by atoms with Crippen molar-refractivity contribution in [2.45, 2.75) is 33.2 Å². The average molecular weight is 373 g/mol. The largest absolute Gasteiger partial charge is 0.480 e. The Morgan fingerprint density at radius 2 is 1.68 bits per heavy atom. The molecule has 0 saturated heterocycles. The van der Waals surface area contributed by atoms with Crippen LogP contribution in [0.15, 0.2) is 28.7 Å². The molecule has 0 fully saturated rings. The maximum atomic E-state index is 11.7. The number of carbonyl (C=O) groups excluding carboxylic acids is 2. The Bertz CT molecular complexity index is 503. The van der Waals surface area contributed by atoms with Crippen LogP contribution >= 0.6 is 15.9 Å². The number of hydrogen-bond acceptors (Lipinski definition) is 3. The van der Waals surface area contributed by atoms with Crippen LogP contribution in [0.4, 0.5) is 0 Å². The quantitative estimate of drug-likeness (QED) is 0.737. The highest BCUT2D eigenvalue weighted by Gasteiger charge is 2.14. The molecule has 0 spiro atoms. The molecule has 2 amide bonds. The summed E-state index contributed by atoms with van der Waals surface area (Å²) in [6, 6.07) is 5.65. The van der Waals surface area contributed by atoms with Crippen molar-refractivity contribution < 1.29 is 19.5 Å². The lowest BCUT2D eigenvalue weighted by Crippen LogP contribution is -2.43. The highest BCUT2D eigenvalue weighted by molar-refractivity contribution is 9.10. The van der Waals surface area contributed by atoms with Crippen molar-refractivity contribution in [1.82, 2.24) is 10.6 Å². The second-order valence-corrected chi connectivity index (χ2v) is 5.44. The summed E-state index contributed by atoms with van der Waals surface area (Å²) in [5.41, 5.74) is 0.419. The molecule has 3 N–H and O–H groups in total. The number of nitrogens with one attached hydrogen (secondary N) is 2. The molecule has 22 heavy (non-hydrogen) atoms. The Hall–Kier alpha value is -1.89. The van der Waals surface area contributed by atoms with E-state index in [1.54, 1.807) is 24.3 Å². The maximum absolute atomic E-state index is 11.7. The van der Waals surface area contributed by atoms with E-state index in [-0.39, 0.29) is 6.54 Å². The SMILES string of the molecule is CC(NC(=O)CNC(=O)c1ccc(Br)cc1)C(=O)O.CCC. The number of amides is 2. The second-order valence-electron chi connectivity index (χ2n) is 4.52. The number of carboxylic acids is 1. The van der Waals surface area contributed by atoms with Crippen molar-refractivity contribution in [3.63, 3.8) is 0 Å². The van der Waals surface area contributed by atoms with E-state index in [1.807, 2.05) is 0 Å². The Morgan fingerprint density at radius 1 is 1.18 bits per heavy atom. The van der Waals surface area contributed by atoms with Gasteiger partial charge in [0.2, 0.25) is 5.91 Å². The molecule has 0 aliphatic heterocycles. The minimum Gasteiger partial charge on any atom is -0.480 e. The third kappa shape index (κ3) is 8.41. The number of rotatable bonds is 5. The van der Waals surface area contributed by atoms with Crippen LogP contribution in [0.2, 0.25) is 0 Å². The lowest BCUT2D eigenvalue weighted by molar-refractivity contribution is -0.141. The highest BCUT2D eigenvalue weighted by atomic mass is 79.9. The average Bonchev–Trinajstić information content (AvgIpc) is 2.46. The Morgan fingerprint density at radius 3 is 2.14 bits per heavy atom. The van der Waals surface area contributed by atoms with E-state index >= 15 is 0 Å². The summed E-state index contributed by atoms with van der Waals surface area (Å²) in [6.07, 6.45) is 1.25. The van der Waals surface area contributed by atoms with Crippen molar-refractivity contribution >= 4 is 33.7 Å². The Balaban J connectivity index is 0.00000135. The number of hydrogen-bond donors (Lipinski definition) is 3. The standard InChI is InChI=1S/C12H13BrN2O4.C3H8/c1-7(12(18)19)15-10(16)6-14-11(17)8-2-4-9(13)5-3-8;1-3-2/h2-5,7H,6H2,1H3,(H,14,17)(H,15,16)(H,18,19);3H2,1-2H3. The van der Waals surface area contributed by atoms with Crippen LogP contribution in [0.5, 0.6) is 0 Å². The lowest BCUT2D eigenvalue weighted by atomic mass is 10.2. The minimum atomic E-state index is -1.13. The van der Waals surface area contributed by atoms with Crippen LogP contribution in [0.1, 0.15) is 37.6 Å². The fraction of sp³-hybridized carbons (Fsp3) is 0.400. The molecule has 0 aromatic heterocycles. The summed E-state index contributed by atoms with van der Waals surface area (Å²) in [5.74, 6) is -2.08. The number of benzene rings is 1. The third-order valence-electron chi connectivity index (χ3n) is 2.26. The summed E-state index contributed by atoms with van der Waals surface area (Å²) in [5, 5.41) is 13.2. The molecular formula is C15H21BrN2O4. The van der Waals surface area contributed by atoms with Gasteiger partial charge in [-0.2, -0.15) is 0 Å². The fourth-order valence-electron chi connectivity index (χ4n) is 1.22. The molecule has 0 aliphatic rings.